The SMILES string of the molecule is COC(=O)c1sccc1NC(=O)C[C@@H]1C(=O)NCCN1S(=O)(=O)c1cccs1. The van der Waals surface area contributed by atoms with E-state index < -0.39 is 33.8 Å². The Hall–Kier alpha value is -2.28. The van der Waals surface area contributed by atoms with Crippen LogP contribution in [0.1, 0.15) is 16.1 Å². The highest BCUT2D eigenvalue weighted by atomic mass is 32.2. The van der Waals surface area contributed by atoms with Gasteiger partial charge in [-0.2, -0.15) is 4.31 Å². The van der Waals surface area contributed by atoms with Crippen molar-refractivity contribution in [1.82, 2.24) is 9.62 Å². The second-order valence-corrected chi connectivity index (χ2v) is 9.74. The number of piperazine rings is 1. The number of carbonyl (C=O) groups excluding carboxylic acids is 3. The number of nitrogens with one attached hydrogen (secondary N) is 2. The lowest BCUT2D eigenvalue weighted by Gasteiger charge is -2.33. The van der Waals surface area contributed by atoms with Gasteiger partial charge in [-0.3, -0.25) is 9.59 Å². The molecule has 3 heterocycles. The van der Waals surface area contributed by atoms with Gasteiger partial charge in [0.1, 0.15) is 15.1 Å². The van der Waals surface area contributed by atoms with Gasteiger partial charge in [0.2, 0.25) is 11.8 Å². The number of hydrogen-bond donors (Lipinski definition) is 2. The maximum Gasteiger partial charge on any atom is 0.350 e. The molecular weight excluding hydrogens is 426 g/mol. The lowest BCUT2D eigenvalue weighted by molar-refractivity contribution is -0.130. The predicted molar refractivity (Wildman–Crippen MR) is 104 cm³/mol. The van der Waals surface area contributed by atoms with Crippen LogP contribution in [0.5, 0.6) is 0 Å². The molecule has 2 amide bonds. The third-order valence-corrected chi connectivity index (χ3v) is 8.20. The molecule has 0 aromatic carbocycles. The summed E-state index contributed by atoms with van der Waals surface area (Å²) in [6, 6.07) is 3.42. The third-order valence-electron chi connectivity index (χ3n) is 4.03. The second kappa shape index (κ2) is 8.39. The first-order valence-corrected chi connectivity index (χ1v) is 11.3. The third kappa shape index (κ3) is 4.09. The van der Waals surface area contributed by atoms with Gasteiger partial charge in [0.15, 0.2) is 0 Å². The Morgan fingerprint density at radius 3 is 2.79 bits per heavy atom. The minimum Gasteiger partial charge on any atom is -0.465 e. The molecule has 12 heteroatoms. The molecule has 150 valence electrons. The van der Waals surface area contributed by atoms with Crippen LogP contribution in [0.15, 0.2) is 33.2 Å². The van der Waals surface area contributed by atoms with E-state index in [1.165, 1.54) is 19.2 Å². The van der Waals surface area contributed by atoms with Gasteiger partial charge < -0.3 is 15.4 Å². The fourth-order valence-corrected chi connectivity index (χ4v) is 6.21. The van der Waals surface area contributed by atoms with E-state index in [0.29, 0.717) is 0 Å². The van der Waals surface area contributed by atoms with Gasteiger partial charge in [-0.25, -0.2) is 13.2 Å². The van der Waals surface area contributed by atoms with Crippen LogP contribution in [0, 0.1) is 0 Å². The van der Waals surface area contributed by atoms with E-state index in [-0.39, 0.29) is 34.3 Å². The molecule has 28 heavy (non-hydrogen) atoms. The number of anilines is 1. The summed E-state index contributed by atoms with van der Waals surface area (Å²) >= 11 is 2.15. The van der Waals surface area contributed by atoms with Crippen LogP contribution < -0.4 is 10.6 Å². The second-order valence-electron chi connectivity index (χ2n) is 5.76. The number of ether oxygens (including phenoxy) is 1. The summed E-state index contributed by atoms with van der Waals surface area (Å²) in [5.41, 5.74) is 0.255. The largest absolute Gasteiger partial charge is 0.465 e. The Morgan fingerprint density at radius 1 is 1.32 bits per heavy atom. The lowest BCUT2D eigenvalue weighted by atomic mass is 10.1. The first-order valence-electron chi connectivity index (χ1n) is 8.13. The summed E-state index contributed by atoms with van der Waals surface area (Å²) in [4.78, 5) is 36.7. The summed E-state index contributed by atoms with van der Waals surface area (Å²) in [7, 11) is -2.67. The number of rotatable bonds is 6. The number of nitrogens with zero attached hydrogens (tertiary/aromatic N) is 1. The van der Waals surface area contributed by atoms with E-state index in [9.17, 15) is 22.8 Å². The van der Waals surface area contributed by atoms with Crippen LogP contribution in [0.2, 0.25) is 0 Å². The summed E-state index contributed by atoms with van der Waals surface area (Å²) in [5.74, 6) is -1.72. The van der Waals surface area contributed by atoms with Crippen molar-refractivity contribution in [3.63, 3.8) is 0 Å². The molecule has 2 N–H and O–H groups in total. The van der Waals surface area contributed by atoms with Gasteiger partial charge in [0.05, 0.1) is 19.2 Å². The molecule has 9 nitrogen and oxygen atoms in total. The number of methoxy groups -OCH3 is 1. The molecule has 1 fully saturated rings. The van der Waals surface area contributed by atoms with Crippen molar-refractivity contribution in [2.24, 2.45) is 0 Å². The molecule has 3 rings (SSSR count). The van der Waals surface area contributed by atoms with Crippen molar-refractivity contribution in [2.45, 2.75) is 16.7 Å². The summed E-state index contributed by atoms with van der Waals surface area (Å²) in [5, 5.41) is 8.38. The highest BCUT2D eigenvalue weighted by molar-refractivity contribution is 7.91. The highest BCUT2D eigenvalue weighted by Crippen LogP contribution is 2.26. The topological polar surface area (TPSA) is 122 Å². The number of sulfonamides is 1. The van der Waals surface area contributed by atoms with Crippen molar-refractivity contribution in [3.8, 4) is 0 Å². The smallest absolute Gasteiger partial charge is 0.350 e. The zero-order valence-electron chi connectivity index (χ0n) is 14.7. The number of amides is 2. The Bertz CT molecular complexity index is 983. The summed E-state index contributed by atoms with van der Waals surface area (Å²) in [6.45, 7) is 0.231. The zero-order valence-corrected chi connectivity index (χ0v) is 17.2. The fourth-order valence-electron chi connectivity index (χ4n) is 2.74. The summed E-state index contributed by atoms with van der Waals surface area (Å²) in [6.07, 6.45) is -0.382. The Morgan fingerprint density at radius 2 is 2.11 bits per heavy atom. The van der Waals surface area contributed by atoms with Crippen molar-refractivity contribution in [3.05, 3.63) is 33.8 Å². The first kappa shape index (κ1) is 20.5. The van der Waals surface area contributed by atoms with Crippen molar-refractivity contribution < 1.29 is 27.5 Å². The molecule has 2 aromatic rings. The number of carbonyl (C=O) groups is 3. The normalized spacial score (nSPS) is 17.8. The fraction of sp³-hybridized carbons (Fsp3) is 0.312. The molecular formula is C16H17N3O6S3. The number of hydrogen-bond acceptors (Lipinski definition) is 8. The van der Waals surface area contributed by atoms with E-state index in [1.807, 2.05) is 0 Å². The van der Waals surface area contributed by atoms with Gasteiger partial charge in [-0.15, -0.1) is 22.7 Å². The van der Waals surface area contributed by atoms with Gasteiger partial charge in [0.25, 0.3) is 10.0 Å². The van der Waals surface area contributed by atoms with E-state index in [1.54, 1.807) is 16.8 Å². The van der Waals surface area contributed by atoms with Crippen molar-refractivity contribution in [1.29, 1.82) is 0 Å². The maximum absolute atomic E-state index is 12.9. The molecule has 1 atom stereocenters. The van der Waals surface area contributed by atoms with Crippen molar-refractivity contribution >= 4 is 56.2 Å². The number of thiophene rings is 2. The van der Waals surface area contributed by atoms with Gasteiger partial charge >= 0.3 is 5.97 Å². The van der Waals surface area contributed by atoms with Crippen LogP contribution in [0.25, 0.3) is 0 Å². The molecule has 1 aliphatic heterocycles. The molecule has 1 aliphatic rings. The van der Waals surface area contributed by atoms with Crippen LogP contribution in [0.3, 0.4) is 0 Å². The Balaban J connectivity index is 1.79. The molecule has 0 bridgehead atoms. The highest BCUT2D eigenvalue weighted by Gasteiger charge is 2.40. The quantitative estimate of drug-likeness (QED) is 0.645. The average Bonchev–Trinajstić information content (AvgIpc) is 3.34. The number of esters is 1. The van der Waals surface area contributed by atoms with Gasteiger partial charge in [0, 0.05) is 13.1 Å². The summed E-state index contributed by atoms with van der Waals surface area (Å²) < 4.78 is 31.5. The molecule has 2 aromatic heterocycles. The van der Waals surface area contributed by atoms with E-state index in [4.69, 9.17) is 0 Å². The zero-order chi connectivity index (χ0) is 20.3. The van der Waals surface area contributed by atoms with E-state index >= 15 is 0 Å². The average molecular weight is 444 g/mol. The molecule has 0 unspecified atom stereocenters. The molecule has 0 radical (unpaired) electrons. The van der Waals surface area contributed by atoms with Crippen molar-refractivity contribution in [2.75, 3.05) is 25.5 Å². The van der Waals surface area contributed by atoms with Crippen LogP contribution >= 0.6 is 22.7 Å². The monoisotopic (exact) mass is 443 g/mol. The molecule has 0 saturated carbocycles. The minimum absolute atomic E-state index is 0.0653. The first-order chi connectivity index (χ1) is 13.3. The van der Waals surface area contributed by atoms with Crippen LogP contribution in [-0.2, 0) is 24.3 Å². The standard InChI is InChI=1S/C16H17N3O6S3/c1-25-16(22)14-10(4-8-27-14)18-12(20)9-11-15(21)17-5-6-19(11)28(23,24)13-3-2-7-26-13/h2-4,7-8,11H,5-6,9H2,1H3,(H,17,21)(H,18,20)/t11-/m1/s1. The molecule has 0 aliphatic carbocycles. The van der Waals surface area contributed by atoms with Gasteiger partial charge in [-0.05, 0) is 22.9 Å². The Kier molecular flexibility index (Phi) is 6.13. The molecule has 0 spiro atoms. The van der Waals surface area contributed by atoms with Gasteiger partial charge in [-0.1, -0.05) is 6.07 Å². The minimum atomic E-state index is -3.90. The molecule has 1 saturated heterocycles. The van der Waals surface area contributed by atoms with Crippen LogP contribution in [-0.4, -0.2) is 56.7 Å². The van der Waals surface area contributed by atoms with E-state index in [2.05, 4.69) is 15.4 Å². The van der Waals surface area contributed by atoms with Crippen LogP contribution in [0.4, 0.5) is 5.69 Å². The maximum atomic E-state index is 12.9. The Labute approximate surface area is 169 Å². The van der Waals surface area contributed by atoms with E-state index in [0.717, 1.165) is 27.0 Å². The predicted octanol–water partition coefficient (Wildman–Crippen LogP) is 1.11. The lowest BCUT2D eigenvalue weighted by Crippen LogP contribution is -2.57.